The molecule has 3 nitrogen and oxygen atoms in total. The highest BCUT2D eigenvalue weighted by Gasteiger charge is 2.18. The van der Waals surface area contributed by atoms with Gasteiger partial charge >= 0.3 is 0 Å². The summed E-state index contributed by atoms with van der Waals surface area (Å²) < 4.78 is 0. The third kappa shape index (κ3) is 5.55. The van der Waals surface area contributed by atoms with E-state index in [4.69, 9.17) is 0 Å². The molecule has 0 spiro atoms. The number of carbonyl (C=O) groups excluding carboxylic acids is 1. The van der Waals surface area contributed by atoms with Gasteiger partial charge in [0.05, 0.1) is 12.6 Å². The number of benzene rings is 1. The third-order valence-corrected chi connectivity index (χ3v) is 5.14. The molecule has 0 bridgehead atoms. The van der Waals surface area contributed by atoms with Crippen LogP contribution in [0.4, 0.5) is 0 Å². The molecule has 1 aromatic heterocycles. The Morgan fingerprint density at radius 3 is 2.48 bits per heavy atom. The van der Waals surface area contributed by atoms with Gasteiger partial charge in [0.1, 0.15) is 0 Å². The van der Waals surface area contributed by atoms with Crippen LogP contribution in [0.1, 0.15) is 42.8 Å². The molecule has 2 rings (SSSR count). The Bertz CT molecular complexity index is 676. The van der Waals surface area contributed by atoms with Gasteiger partial charge in [0, 0.05) is 18.0 Å². The van der Waals surface area contributed by atoms with Crippen molar-refractivity contribution in [1.82, 2.24) is 10.2 Å². The molecule has 25 heavy (non-hydrogen) atoms. The van der Waals surface area contributed by atoms with Crippen molar-refractivity contribution in [3.8, 4) is 0 Å². The zero-order valence-electron chi connectivity index (χ0n) is 15.4. The summed E-state index contributed by atoms with van der Waals surface area (Å²) in [5, 5.41) is 5.53. The van der Waals surface area contributed by atoms with Crippen molar-refractivity contribution in [3.05, 3.63) is 69.9 Å². The maximum atomic E-state index is 12.5. The second kappa shape index (κ2) is 9.54. The van der Waals surface area contributed by atoms with Crippen LogP contribution in [-0.4, -0.2) is 30.4 Å². The minimum atomic E-state index is 0.0402. The first-order valence-electron chi connectivity index (χ1n) is 8.82. The monoisotopic (exact) mass is 356 g/mol. The van der Waals surface area contributed by atoms with Crippen molar-refractivity contribution >= 4 is 17.2 Å². The third-order valence-electron chi connectivity index (χ3n) is 4.20. The van der Waals surface area contributed by atoms with E-state index in [1.54, 1.807) is 11.3 Å². The van der Waals surface area contributed by atoms with Gasteiger partial charge in [-0.3, -0.25) is 10.1 Å². The van der Waals surface area contributed by atoms with Crippen LogP contribution in [0.5, 0.6) is 0 Å². The Balaban J connectivity index is 2.11. The van der Waals surface area contributed by atoms with Gasteiger partial charge in [0.15, 0.2) is 0 Å². The molecule has 2 aromatic rings. The van der Waals surface area contributed by atoms with Crippen molar-refractivity contribution < 1.29 is 4.79 Å². The lowest BCUT2D eigenvalue weighted by molar-refractivity contribution is -0.129. The van der Waals surface area contributed by atoms with E-state index in [0.717, 1.165) is 12.0 Å². The Hall–Kier alpha value is -1.91. The van der Waals surface area contributed by atoms with Crippen molar-refractivity contribution in [1.29, 1.82) is 0 Å². The molecule has 1 unspecified atom stereocenters. The molecule has 134 valence electrons. The van der Waals surface area contributed by atoms with Crippen LogP contribution in [0.15, 0.2) is 53.9 Å². The summed E-state index contributed by atoms with van der Waals surface area (Å²) in [6.45, 7) is 11.7. The van der Waals surface area contributed by atoms with Crippen LogP contribution in [0, 0.1) is 0 Å². The molecule has 1 heterocycles. The molecule has 0 aliphatic rings. The average Bonchev–Trinajstić information content (AvgIpc) is 3.14. The molecule has 0 aliphatic heterocycles. The number of carbonyl (C=O) groups is 1. The Kier molecular flexibility index (Phi) is 7.41. The zero-order chi connectivity index (χ0) is 18.2. The number of likely N-dealkylation sites (N-methyl/N-ethyl adjacent to an activating group) is 1. The van der Waals surface area contributed by atoms with Crippen LogP contribution >= 0.6 is 11.3 Å². The summed E-state index contributed by atoms with van der Waals surface area (Å²) in [6, 6.07) is 12.9. The minimum absolute atomic E-state index is 0.0402. The number of thiophene rings is 1. The van der Waals surface area contributed by atoms with Crippen LogP contribution in [0.25, 0.3) is 0 Å². The zero-order valence-corrected chi connectivity index (χ0v) is 16.2. The molecule has 1 N–H and O–H groups in total. The highest BCUT2D eigenvalue weighted by atomic mass is 32.1. The van der Waals surface area contributed by atoms with Crippen molar-refractivity contribution in [2.45, 2.75) is 33.2 Å². The normalized spacial score (nSPS) is 12.0. The van der Waals surface area contributed by atoms with E-state index in [1.165, 1.54) is 16.0 Å². The molecular formula is C21H28N2OS. The molecule has 0 fully saturated rings. The van der Waals surface area contributed by atoms with Crippen LogP contribution in [0.2, 0.25) is 0 Å². The highest BCUT2D eigenvalue weighted by Crippen LogP contribution is 2.26. The number of aryl methyl sites for hydroxylation is 1. The summed E-state index contributed by atoms with van der Waals surface area (Å²) in [5.74, 6) is 0.109. The largest absolute Gasteiger partial charge is 0.338 e. The molecule has 1 amide bonds. The number of rotatable bonds is 9. The fourth-order valence-electron chi connectivity index (χ4n) is 2.79. The number of hydrogen-bond donors (Lipinski definition) is 1. The summed E-state index contributed by atoms with van der Waals surface area (Å²) in [4.78, 5) is 15.6. The first-order chi connectivity index (χ1) is 12.0. The van der Waals surface area contributed by atoms with Crippen LogP contribution < -0.4 is 5.32 Å². The molecule has 0 saturated heterocycles. The predicted octanol–water partition coefficient (Wildman–Crippen LogP) is 4.41. The highest BCUT2D eigenvalue weighted by molar-refractivity contribution is 7.10. The van der Waals surface area contributed by atoms with Gasteiger partial charge < -0.3 is 4.90 Å². The average molecular weight is 357 g/mol. The maximum absolute atomic E-state index is 12.5. The van der Waals surface area contributed by atoms with Crippen LogP contribution in [-0.2, 0) is 11.2 Å². The van der Waals surface area contributed by atoms with E-state index in [2.05, 4.69) is 60.6 Å². The predicted molar refractivity (Wildman–Crippen MR) is 107 cm³/mol. The van der Waals surface area contributed by atoms with Gasteiger partial charge in [-0.05, 0) is 42.8 Å². The van der Waals surface area contributed by atoms with Gasteiger partial charge in [-0.25, -0.2) is 0 Å². The summed E-state index contributed by atoms with van der Waals surface area (Å²) in [7, 11) is 0. The Morgan fingerprint density at radius 2 is 1.96 bits per heavy atom. The van der Waals surface area contributed by atoms with E-state index in [0.29, 0.717) is 19.6 Å². The fraction of sp³-hybridized carbons (Fsp3) is 0.381. The van der Waals surface area contributed by atoms with Crippen molar-refractivity contribution in [2.24, 2.45) is 0 Å². The Labute approximate surface area is 155 Å². The minimum Gasteiger partial charge on any atom is -0.338 e. The number of nitrogens with one attached hydrogen (secondary N) is 1. The van der Waals surface area contributed by atoms with E-state index >= 15 is 0 Å². The standard InChI is InChI=1S/C21H28N2OS/c1-5-17-9-11-18(12-10-17)21(19-8-7-13-25-19)22-14-20(24)23(6-2)15-16(3)4/h7-13,21-22H,3,5-6,14-15H2,1-2,4H3. The topological polar surface area (TPSA) is 32.3 Å². The van der Waals surface area contributed by atoms with E-state index < -0.39 is 0 Å². The van der Waals surface area contributed by atoms with Gasteiger partial charge in [-0.2, -0.15) is 0 Å². The second-order valence-corrected chi connectivity index (χ2v) is 7.27. The smallest absolute Gasteiger partial charge is 0.236 e. The van der Waals surface area contributed by atoms with E-state index in [9.17, 15) is 4.79 Å². The van der Waals surface area contributed by atoms with E-state index in [1.807, 2.05) is 18.7 Å². The lowest BCUT2D eigenvalue weighted by Gasteiger charge is -2.24. The van der Waals surface area contributed by atoms with Gasteiger partial charge in [0.2, 0.25) is 5.91 Å². The molecule has 0 radical (unpaired) electrons. The molecular weight excluding hydrogens is 328 g/mol. The lowest BCUT2D eigenvalue weighted by Crippen LogP contribution is -2.40. The lowest BCUT2D eigenvalue weighted by atomic mass is 10.0. The molecule has 4 heteroatoms. The number of nitrogens with zero attached hydrogens (tertiary/aromatic N) is 1. The van der Waals surface area contributed by atoms with Gasteiger partial charge in [-0.15, -0.1) is 11.3 Å². The van der Waals surface area contributed by atoms with Crippen LogP contribution in [0.3, 0.4) is 0 Å². The molecule has 0 saturated carbocycles. The molecule has 1 aromatic carbocycles. The van der Waals surface area contributed by atoms with Gasteiger partial charge in [0.25, 0.3) is 0 Å². The maximum Gasteiger partial charge on any atom is 0.236 e. The molecule has 1 atom stereocenters. The first kappa shape index (κ1) is 19.4. The second-order valence-electron chi connectivity index (χ2n) is 6.29. The Morgan fingerprint density at radius 1 is 1.24 bits per heavy atom. The fourth-order valence-corrected chi connectivity index (χ4v) is 3.61. The number of amides is 1. The summed E-state index contributed by atoms with van der Waals surface area (Å²) in [5.41, 5.74) is 3.51. The summed E-state index contributed by atoms with van der Waals surface area (Å²) in [6.07, 6.45) is 1.03. The van der Waals surface area contributed by atoms with E-state index in [-0.39, 0.29) is 11.9 Å². The van der Waals surface area contributed by atoms with Gasteiger partial charge in [-0.1, -0.05) is 49.4 Å². The summed E-state index contributed by atoms with van der Waals surface area (Å²) >= 11 is 1.71. The number of hydrogen-bond acceptors (Lipinski definition) is 3. The first-order valence-corrected chi connectivity index (χ1v) is 9.70. The molecule has 0 aliphatic carbocycles. The van der Waals surface area contributed by atoms with Crippen molar-refractivity contribution in [2.75, 3.05) is 19.6 Å². The quantitative estimate of drug-likeness (QED) is 0.675. The van der Waals surface area contributed by atoms with Crippen molar-refractivity contribution in [3.63, 3.8) is 0 Å². The SMILES string of the molecule is C=C(C)CN(CC)C(=O)CNC(c1ccc(CC)cc1)c1cccs1.